The molecule has 0 fully saturated rings. The summed E-state index contributed by atoms with van der Waals surface area (Å²) < 4.78 is 4.72. The van der Waals surface area contributed by atoms with E-state index in [1.165, 1.54) is 27.5 Å². The van der Waals surface area contributed by atoms with E-state index in [2.05, 4.69) is 234 Å². The second-order valence-corrected chi connectivity index (χ2v) is 17.2. The quantitative estimate of drug-likeness (QED) is 0.153. The lowest BCUT2D eigenvalue weighted by Crippen LogP contribution is -2.06. The summed E-state index contributed by atoms with van der Waals surface area (Å²) in [5.74, 6) is 1.77. The van der Waals surface area contributed by atoms with Gasteiger partial charge in [0.2, 0.25) is 5.95 Å². The summed E-state index contributed by atoms with van der Waals surface area (Å²) in [5, 5.41) is 4.60. The first kappa shape index (κ1) is 39.2. The molecule has 318 valence electrons. The minimum Gasteiger partial charge on any atom is -0.308 e. The molecule has 0 N–H and O–H groups in total. The molecule has 0 saturated carbocycles. The SMILES string of the molecule is c1ccc(-c2ccc(-c3cc(-c4ccccc4)ccc3-n3c4ccccc4c4ccc5c(c6ccccc6n5-c5nc(-c6ccccc6)nc(-c6cccc(-c7ccccc7)c6)n5)c43)cc2)cc1. The molecule has 0 spiro atoms. The molecule has 0 aliphatic carbocycles. The van der Waals surface area contributed by atoms with E-state index >= 15 is 0 Å². The second-order valence-electron chi connectivity index (χ2n) is 17.2. The number of hydrogen-bond acceptors (Lipinski definition) is 3. The van der Waals surface area contributed by atoms with Gasteiger partial charge in [-0.2, -0.15) is 9.97 Å². The Balaban J connectivity index is 1.08. The van der Waals surface area contributed by atoms with Crippen LogP contribution in [0.1, 0.15) is 0 Å². The van der Waals surface area contributed by atoms with Gasteiger partial charge < -0.3 is 4.57 Å². The normalized spacial score (nSPS) is 11.5. The highest BCUT2D eigenvalue weighted by Gasteiger charge is 2.24. The van der Waals surface area contributed by atoms with Crippen LogP contribution in [0.15, 0.2) is 249 Å². The lowest BCUT2D eigenvalue weighted by Gasteiger charge is -2.17. The predicted molar refractivity (Wildman–Crippen MR) is 281 cm³/mol. The van der Waals surface area contributed by atoms with Crippen LogP contribution in [0.5, 0.6) is 0 Å². The highest BCUT2D eigenvalue weighted by atomic mass is 15.2. The van der Waals surface area contributed by atoms with E-state index in [-0.39, 0.29) is 0 Å². The lowest BCUT2D eigenvalue weighted by molar-refractivity contribution is 0.953. The fourth-order valence-electron chi connectivity index (χ4n) is 10.00. The maximum atomic E-state index is 5.37. The third-order valence-electron chi connectivity index (χ3n) is 13.2. The molecule has 5 nitrogen and oxygen atoms in total. The van der Waals surface area contributed by atoms with Crippen LogP contribution in [0.4, 0.5) is 0 Å². The van der Waals surface area contributed by atoms with Gasteiger partial charge in [0.05, 0.1) is 27.8 Å². The monoisotopic (exact) mass is 867 g/mol. The van der Waals surface area contributed by atoms with Gasteiger partial charge >= 0.3 is 0 Å². The van der Waals surface area contributed by atoms with Crippen LogP contribution < -0.4 is 0 Å². The van der Waals surface area contributed by atoms with E-state index < -0.39 is 0 Å². The summed E-state index contributed by atoms with van der Waals surface area (Å²) >= 11 is 0. The van der Waals surface area contributed by atoms with Crippen molar-refractivity contribution >= 4 is 43.6 Å². The van der Waals surface area contributed by atoms with Gasteiger partial charge in [0.25, 0.3) is 0 Å². The molecule has 13 rings (SSSR count). The smallest absolute Gasteiger partial charge is 0.238 e. The molecule has 0 atom stereocenters. The molecule has 68 heavy (non-hydrogen) atoms. The Labute approximate surface area is 393 Å². The van der Waals surface area contributed by atoms with Gasteiger partial charge in [-0.25, -0.2) is 4.98 Å². The van der Waals surface area contributed by atoms with Crippen LogP contribution in [-0.4, -0.2) is 24.1 Å². The van der Waals surface area contributed by atoms with Crippen LogP contribution in [0, 0.1) is 0 Å². The zero-order valence-corrected chi connectivity index (χ0v) is 36.9. The van der Waals surface area contributed by atoms with Crippen LogP contribution >= 0.6 is 0 Å². The van der Waals surface area contributed by atoms with Gasteiger partial charge in [0, 0.05) is 38.2 Å². The molecule has 3 aromatic heterocycles. The average molecular weight is 868 g/mol. The molecule has 3 heterocycles. The van der Waals surface area contributed by atoms with E-state index in [0.29, 0.717) is 17.6 Å². The van der Waals surface area contributed by atoms with Gasteiger partial charge in [-0.15, -0.1) is 0 Å². The first-order chi connectivity index (χ1) is 33.7. The zero-order valence-electron chi connectivity index (χ0n) is 36.9. The summed E-state index contributed by atoms with van der Waals surface area (Å²) in [6, 6.07) is 88.3. The van der Waals surface area contributed by atoms with Gasteiger partial charge in [-0.05, 0) is 75.3 Å². The van der Waals surface area contributed by atoms with Crippen molar-refractivity contribution < 1.29 is 0 Å². The summed E-state index contributed by atoms with van der Waals surface area (Å²) in [5.41, 5.74) is 16.4. The number of para-hydroxylation sites is 2. The Morgan fingerprint density at radius 1 is 0.265 bits per heavy atom. The van der Waals surface area contributed by atoms with Crippen LogP contribution in [0.2, 0.25) is 0 Å². The molecule has 10 aromatic carbocycles. The van der Waals surface area contributed by atoms with Crippen molar-refractivity contribution in [3.05, 3.63) is 249 Å². The average Bonchev–Trinajstić information content (AvgIpc) is 3.95. The second kappa shape index (κ2) is 16.4. The number of benzene rings is 10. The maximum Gasteiger partial charge on any atom is 0.238 e. The van der Waals surface area contributed by atoms with Crippen molar-refractivity contribution in [2.75, 3.05) is 0 Å². The third-order valence-corrected chi connectivity index (χ3v) is 13.2. The topological polar surface area (TPSA) is 48.5 Å². The molecule has 13 aromatic rings. The van der Waals surface area contributed by atoms with E-state index in [1.807, 2.05) is 24.3 Å². The third kappa shape index (κ3) is 6.68. The van der Waals surface area contributed by atoms with Gasteiger partial charge in [-0.1, -0.05) is 212 Å². The fourth-order valence-corrected chi connectivity index (χ4v) is 10.00. The van der Waals surface area contributed by atoms with Crippen molar-refractivity contribution in [3.8, 4) is 78.9 Å². The van der Waals surface area contributed by atoms with Crippen LogP contribution in [0.25, 0.3) is 123 Å². The Morgan fingerprint density at radius 3 is 1.40 bits per heavy atom. The summed E-state index contributed by atoms with van der Waals surface area (Å²) in [6.45, 7) is 0. The fraction of sp³-hybridized carbons (Fsp3) is 0. The van der Waals surface area contributed by atoms with E-state index in [1.54, 1.807) is 0 Å². The number of aromatic nitrogens is 5. The number of hydrogen-bond donors (Lipinski definition) is 0. The number of rotatable bonds is 8. The standard InChI is InChI=1S/C63H41N5/c1-5-18-42(19-6-1)45-32-34-46(35-33-45)54-41-49(44-22-9-3-10-23-44)36-38-57(54)67-55-30-15-13-28-51(55)52-37-39-58-59(60(52)67)53-29-14-16-31-56(53)68(58)63-65-61(47-24-11-4-12-25-47)64-62(66-63)50-27-17-26-48(40-50)43-20-7-2-8-21-43/h1-41H. The van der Waals surface area contributed by atoms with Crippen molar-refractivity contribution in [1.29, 1.82) is 0 Å². The Hall–Kier alpha value is -9.19. The molecule has 0 unspecified atom stereocenters. The van der Waals surface area contributed by atoms with Crippen LogP contribution in [0.3, 0.4) is 0 Å². The maximum absolute atomic E-state index is 5.37. The molecule has 0 bridgehead atoms. The zero-order chi connectivity index (χ0) is 45.0. The highest BCUT2D eigenvalue weighted by molar-refractivity contribution is 6.26. The molecular formula is C63H41N5. The van der Waals surface area contributed by atoms with Crippen molar-refractivity contribution in [1.82, 2.24) is 24.1 Å². The van der Waals surface area contributed by atoms with Crippen molar-refractivity contribution in [3.63, 3.8) is 0 Å². The molecule has 0 radical (unpaired) electrons. The largest absolute Gasteiger partial charge is 0.308 e. The molecule has 0 aliphatic rings. The van der Waals surface area contributed by atoms with E-state index in [4.69, 9.17) is 15.0 Å². The number of fused-ring (bicyclic) bond motifs is 7. The molecule has 0 amide bonds. The summed E-state index contributed by atoms with van der Waals surface area (Å²) in [6.07, 6.45) is 0. The molecule has 5 heteroatoms. The van der Waals surface area contributed by atoms with Gasteiger partial charge in [0.15, 0.2) is 11.6 Å². The summed E-state index contributed by atoms with van der Waals surface area (Å²) in [4.78, 5) is 15.8. The van der Waals surface area contributed by atoms with Gasteiger partial charge in [-0.3, -0.25) is 4.57 Å². The molecule has 0 aliphatic heterocycles. The molecular weight excluding hydrogens is 827 g/mol. The Kier molecular flexibility index (Phi) is 9.43. The minimum absolute atomic E-state index is 0.554. The van der Waals surface area contributed by atoms with E-state index in [0.717, 1.165) is 77.5 Å². The van der Waals surface area contributed by atoms with Crippen molar-refractivity contribution in [2.24, 2.45) is 0 Å². The Bertz CT molecular complexity index is 3990. The highest BCUT2D eigenvalue weighted by Crippen LogP contribution is 2.44. The van der Waals surface area contributed by atoms with Crippen LogP contribution in [-0.2, 0) is 0 Å². The van der Waals surface area contributed by atoms with Crippen molar-refractivity contribution in [2.45, 2.75) is 0 Å². The van der Waals surface area contributed by atoms with E-state index in [9.17, 15) is 0 Å². The lowest BCUT2D eigenvalue weighted by atomic mass is 9.95. The Morgan fingerprint density at radius 2 is 0.735 bits per heavy atom. The van der Waals surface area contributed by atoms with Gasteiger partial charge in [0.1, 0.15) is 0 Å². The first-order valence-electron chi connectivity index (χ1n) is 23.0. The minimum atomic E-state index is 0.554. The summed E-state index contributed by atoms with van der Waals surface area (Å²) in [7, 11) is 0. The first-order valence-corrected chi connectivity index (χ1v) is 23.0. The number of nitrogens with zero attached hydrogens (tertiary/aromatic N) is 5. The molecule has 0 saturated heterocycles. The predicted octanol–water partition coefficient (Wildman–Crippen LogP) is 16.1.